The van der Waals surface area contributed by atoms with Crippen LogP contribution in [0.4, 0.5) is 0 Å². The van der Waals surface area contributed by atoms with Crippen molar-refractivity contribution in [2.24, 2.45) is 5.41 Å². The first-order valence-corrected chi connectivity index (χ1v) is 7.52. The van der Waals surface area contributed by atoms with Crippen LogP contribution in [-0.4, -0.2) is 37.6 Å². The molecule has 0 atom stereocenters. The molecule has 0 aromatic heterocycles. The number of rotatable bonds is 6. The van der Waals surface area contributed by atoms with Crippen molar-refractivity contribution >= 4 is 0 Å². The Hall–Kier alpha value is -0.0800. The van der Waals surface area contributed by atoms with Crippen LogP contribution < -0.4 is 5.32 Å². The van der Waals surface area contributed by atoms with E-state index in [1.165, 1.54) is 58.2 Å². The molecule has 0 spiro atoms. The van der Waals surface area contributed by atoms with Gasteiger partial charge in [-0.1, -0.05) is 32.6 Å². The lowest BCUT2D eigenvalue weighted by atomic mass is 9.79. The van der Waals surface area contributed by atoms with Crippen molar-refractivity contribution in [2.45, 2.75) is 65.3 Å². The maximum absolute atomic E-state index is 3.45. The van der Waals surface area contributed by atoms with Crippen LogP contribution >= 0.6 is 0 Å². The summed E-state index contributed by atoms with van der Waals surface area (Å²) in [7, 11) is 2.11. The van der Waals surface area contributed by atoms with Crippen LogP contribution in [0.25, 0.3) is 0 Å². The molecule has 0 heterocycles. The van der Waals surface area contributed by atoms with Crippen molar-refractivity contribution in [2.75, 3.05) is 26.7 Å². The summed E-state index contributed by atoms with van der Waals surface area (Å²) in [5, 5.41) is 3.45. The third-order valence-electron chi connectivity index (χ3n) is 4.39. The summed E-state index contributed by atoms with van der Waals surface area (Å²) in [4.78, 5) is 2.64. The number of nitrogens with zero attached hydrogens (tertiary/aromatic N) is 1. The number of hydrogen-bond donors (Lipinski definition) is 1. The minimum absolute atomic E-state index is 0.533. The summed E-state index contributed by atoms with van der Waals surface area (Å²) in [6.45, 7) is 10.6. The molecule has 0 unspecified atom stereocenters. The van der Waals surface area contributed by atoms with Gasteiger partial charge in [0.05, 0.1) is 0 Å². The molecule has 17 heavy (non-hydrogen) atoms. The summed E-state index contributed by atoms with van der Waals surface area (Å²) in [5.74, 6) is 0. The Bertz CT molecular complexity index is 193. The standard InChI is InChI=1S/C15H32N2/c1-5-17(14(2)3)13-15(12-16-4)10-8-6-7-9-11-15/h14,16H,5-13H2,1-4H3. The number of nitrogens with one attached hydrogen (secondary N) is 1. The van der Waals surface area contributed by atoms with E-state index in [2.05, 4.69) is 38.0 Å². The lowest BCUT2D eigenvalue weighted by Crippen LogP contribution is -2.45. The van der Waals surface area contributed by atoms with Crippen LogP contribution in [0.2, 0.25) is 0 Å². The molecule has 102 valence electrons. The van der Waals surface area contributed by atoms with Gasteiger partial charge in [0.25, 0.3) is 0 Å². The molecule has 2 nitrogen and oxygen atoms in total. The molecular weight excluding hydrogens is 208 g/mol. The Morgan fingerprint density at radius 3 is 2.12 bits per heavy atom. The average Bonchev–Trinajstić information content (AvgIpc) is 2.52. The summed E-state index contributed by atoms with van der Waals surface area (Å²) < 4.78 is 0. The van der Waals surface area contributed by atoms with E-state index < -0.39 is 0 Å². The van der Waals surface area contributed by atoms with E-state index >= 15 is 0 Å². The largest absolute Gasteiger partial charge is 0.319 e. The molecule has 1 rings (SSSR count). The molecular formula is C15H32N2. The smallest absolute Gasteiger partial charge is 0.00527 e. The highest BCUT2D eigenvalue weighted by atomic mass is 15.2. The Balaban J connectivity index is 2.67. The molecule has 1 fully saturated rings. The lowest BCUT2D eigenvalue weighted by molar-refractivity contribution is 0.110. The predicted octanol–water partition coefficient (Wildman–Crippen LogP) is 3.28. The van der Waals surface area contributed by atoms with Crippen molar-refractivity contribution in [3.8, 4) is 0 Å². The maximum Gasteiger partial charge on any atom is 0.00527 e. The van der Waals surface area contributed by atoms with Crippen molar-refractivity contribution < 1.29 is 0 Å². The summed E-state index contributed by atoms with van der Waals surface area (Å²) in [5.41, 5.74) is 0.533. The molecule has 0 bridgehead atoms. The van der Waals surface area contributed by atoms with Crippen molar-refractivity contribution in [1.82, 2.24) is 10.2 Å². The maximum atomic E-state index is 3.45. The molecule has 1 N–H and O–H groups in total. The molecule has 1 aliphatic carbocycles. The van der Waals surface area contributed by atoms with Crippen LogP contribution in [0.5, 0.6) is 0 Å². The zero-order valence-corrected chi connectivity index (χ0v) is 12.4. The van der Waals surface area contributed by atoms with E-state index in [4.69, 9.17) is 0 Å². The molecule has 0 aromatic rings. The lowest BCUT2D eigenvalue weighted by Gasteiger charge is -2.39. The molecule has 0 radical (unpaired) electrons. The van der Waals surface area contributed by atoms with E-state index in [0.717, 1.165) is 0 Å². The monoisotopic (exact) mass is 240 g/mol. The first kappa shape index (κ1) is 15.0. The molecule has 1 aliphatic rings. The molecule has 0 saturated heterocycles. The Labute approximate surface area is 108 Å². The Morgan fingerprint density at radius 2 is 1.71 bits per heavy atom. The zero-order valence-electron chi connectivity index (χ0n) is 12.4. The average molecular weight is 240 g/mol. The second kappa shape index (κ2) is 7.38. The zero-order chi connectivity index (χ0) is 12.7. The predicted molar refractivity (Wildman–Crippen MR) is 76.4 cm³/mol. The quantitative estimate of drug-likeness (QED) is 0.717. The molecule has 1 saturated carbocycles. The normalized spacial score (nSPS) is 20.8. The van der Waals surface area contributed by atoms with Gasteiger partial charge in [0.2, 0.25) is 0 Å². The fourth-order valence-corrected chi connectivity index (χ4v) is 3.33. The molecule has 2 heteroatoms. The molecule has 0 aromatic carbocycles. The van der Waals surface area contributed by atoms with Crippen LogP contribution in [-0.2, 0) is 0 Å². The van der Waals surface area contributed by atoms with Crippen LogP contribution in [0.3, 0.4) is 0 Å². The van der Waals surface area contributed by atoms with Crippen LogP contribution in [0.1, 0.15) is 59.3 Å². The fourth-order valence-electron chi connectivity index (χ4n) is 3.33. The van der Waals surface area contributed by atoms with Gasteiger partial charge in [0.1, 0.15) is 0 Å². The van der Waals surface area contributed by atoms with Gasteiger partial charge < -0.3 is 10.2 Å². The van der Waals surface area contributed by atoms with Crippen LogP contribution in [0.15, 0.2) is 0 Å². The van der Waals surface area contributed by atoms with Crippen LogP contribution in [0, 0.1) is 5.41 Å². The highest BCUT2D eigenvalue weighted by molar-refractivity contribution is 4.87. The topological polar surface area (TPSA) is 15.3 Å². The second-order valence-corrected chi connectivity index (χ2v) is 6.10. The SMILES string of the molecule is CCN(CC1(CNC)CCCCCC1)C(C)C. The van der Waals surface area contributed by atoms with E-state index in [1.807, 2.05) is 0 Å². The second-order valence-electron chi connectivity index (χ2n) is 6.10. The summed E-state index contributed by atoms with van der Waals surface area (Å²) >= 11 is 0. The summed E-state index contributed by atoms with van der Waals surface area (Å²) in [6.07, 6.45) is 8.57. The van der Waals surface area contributed by atoms with Crippen molar-refractivity contribution in [3.05, 3.63) is 0 Å². The third-order valence-corrected chi connectivity index (χ3v) is 4.39. The van der Waals surface area contributed by atoms with Crippen molar-refractivity contribution in [3.63, 3.8) is 0 Å². The van der Waals surface area contributed by atoms with Gasteiger partial charge in [-0.15, -0.1) is 0 Å². The van der Waals surface area contributed by atoms with E-state index in [-0.39, 0.29) is 0 Å². The van der Waals surface area contributed by atoms with Gasteiger partial charge in [-0.05, 0) is 45.7 Å². The minimum Gasteiger partial charge on any atom is -0.319 e. The number of hydrogen-bond acceptors (Lipinski definition) is 2. The van der Waals surface area contributed by atoms with Gasteiger partial charge in [-0.3, -0.25) is 0 Å². The third kappa shape index (κ3) is 4.59. The highest BCUT2D eigenvalue weighted by Gasteiger charge is 2.32. The highest BCUT2D eigenvalue weighted by Crippen LogP contribution is 2.35. The van der Waals surface area contributed by atoms with Gasteiger partial charge in [-0.2, -0.15) is 0 Å². The van der Waals surface area contributed by atoms with Gasteiger partial charge in [0.15, 0.2) is 0 Å². The van der Waals surface area contributed by atoms with E-state index in [9.17, 15) is 0 Å². The van der Waals surface area contributed by atoms with Gasteiger partial charge in [-0.25, -0.2) is 0 Å². The van der Waals surface area contributed by atoms with Gasteiger partial charge in [0, 0.05) is 19.1 Å². The van der Waals surface area contributed by atoms with Gasteiger partial charge >= 0.3 is 0 Å². The Kier molecular flexibility index (Phi) is 6.50. The van der Waals surface area contributed by atoms with Crippen molar-refractivity contribution in [1.29, 1.82) is 0 Å². The first-order valence-electron chi connectivity index (χ1n) is 7.52. The molecule has 0 amide bonds. The minimum atomic E-state index is 0.533. The van der Waals surface area contributed by atoms with E-state index in [1.54, 1.807) is 0 Å². The molecule has 0 aliphatic heterocycles. The van der Waals surface area contributed by atoms with E-state index in [0.29, 0.717) is 11.5 Å². The summed E-state index contributed by atoms with van der Waals surface area (Å²) in [6, 6.07) is 0.678. The first-order chi connectivity index (χ1) is 8.13. The fraction of sp³-hybridized carbons (Fsp3) is 1.00. The Morgan fingerprint density at radius 1 is 1.12 bits per heavy atom.